The predicted molar refractivity (Wildman–Crippen MR) is 68.0 cm³/mol. The van der Waals surface area contributed by atoms with Crippen LogP contribution in [0.2, 0.25) is 0 Å². The highest BCUT2D eigenvalue weighted by molar-refractivity contribution is 7.87. The Morgan fingerprint density at radius 1 is 1.19 bits per heavy atom. The summed E-state index contributed by atoms with van der Waals surface area (Å²) in [5.74, 6) is -1.000. The van der Waals surface area contributed by atoms with Crippen LogP contribution < -0.4 is 0 Å². The quantitative estimate of drug-likeness (QED) is 0.718. The highest BCUT2D eigenvalue weighted by Crippen LogP contribution is 2.20. The zero-order chi connectivity index (χ0) is 12.7. The van der Waals surface area contributed by atoms with Gasteiger partial charge in [-0.25, -0.2) is 0 Å². The molecule has 96 valence electrons. The topological polar surface area (TPSA) is 54.4 Å². The van der Waals surface area contributed by atoms with E-state index in [0.29, 0.717) is 0 Å². The van der Waals surface area contributed by atoms with Gasteiger partial charge in [0.15, 0.2) is 0 Å². The number of carboxylic acid groups (broad SMARTS) is 1. The van der Waals surface area contributed by atoms with E-state index >= 15 is 0 Å². The minimum Gasteiger partial charge on any atom is -0.480 e. The molecule has 4 heteroatoms. The molecule has 0 aliphatic carbocycles. The first kappa shape index (κ1) is 15.6. The van der Waals surface area contributed by atoms with Gasteiger partial charge in [-0.3, -0.25) is 9.00 Å². The third-order valence-corrected chi connectivity index (χ3v) is 5.02. The Kier molecular flexibility index (Phi) is 7.64. The molecule has 0 fully saturated rings. The van der Waals surface area contributed by atoms with Crippen LogP contribution in [0.1, 0.15) is 53.4 Å². The van der Waals surface area contributed by atoms with Crippen LogP contribution in [0.25, 0.3) is 0 Å². The largest absolute Gasteiger partial charge is 0.480 e. The molecule has 0 rings (SSSR count). The Hall–Kier alpha value is -0.380. The molecule has 0 heterocycles. The van der Waals surface area contributed by atoms with Crippen molar-refractivity contribution in [2.24, 2.45) is 5.92 Å². The third kappa shape index (κ3) is 4.64. The monoisotopic (exact) mass is 248 g/mol. The van der Waals surface area contributed by atoms with Crippen LogP contribution >= 0.6 is 0 Å². The smallest absolute Gasteiger partial charge is 0.319 e. The fourth-order valence-electron chi connectivity index (χ4n) is 1.88. The molecule has 0 aromatic carbocycles. The number of carbonyl (C=O) groups is 1. The molecule has 16 heavy (non-hydrogen) atoms. The third-order valence-electron chi connectivity index (χ3n) is 2.65. The first-order valence-electron chi connectivity index (χ1n) is 6.07. The van der Waals surface area contributed by atoms with Crippen molar-refractivity contribution >= 4 is 16.8 Å². The molecule has 0 saturated heterocycles. The summed E-state index contributed by atoms with van der Waals surface area (Å²) in [5.41, 5.74) is 0. The van der Waals surface area contributed by atoms with Crippen LogP contribution in [0, 0.1) is 5.92 Å². The van der Waals surface area contributed by atoms with Gasteiger partial charge in [-0.05, 0) is 18.8 Å². The van der Waals surface area contributed by atoms with E-state index in [2.05, 4.69) is 0 Å². The lowest BCUT2D eigenvalue weighted by atomic mass is 10.1. The molecule has 0 aromatic rings. The second-order valence-electron chi connectivity index (χ2n) is 4.53. The fourth-order valence-corrected chi connectivity index (χ4v) is 3.97. The van der Waals surface area contributed by atoms with Gasteiger partial charge in [0.05, 0.1) is 0 Å². The van der Waals surface area contributed by atoms with Gasteiger partial charge in [0.1, 0.15) is 5.25 Å². The number of carboxylic acids is 1. The van der Waals surface area contributed by atoms with E-state index in [1.54, 1.807) is 0 Å². The molecule has 0 spiro atoms. The van der Waals surface area contributed by atoms with Crippen molar-refractivity contribution < 1.29 is 14.1 Å². The predicted octanol–water partition coefficient (Wildman–Crippen LogP) is 2.81. The Labute approximate surface area is 101 Å². The number of hydrogen-bond donors (Lipinski definition) is 1. The normalized spacial score (nSPS) is 15.4. The molecule has 0 amide bonds. The van der Waals surface area contributed by atoms with E-state index in [1.165, 1.54) is 0 Å². The van der Waals surface area contributed by atoms with Gasteiger partial charge in [-0.15, -0.1) is 0 Å². The molecule has 2 unspecified atom stereocenters. The van der Waals surface area contributed by atoms with E-state index in [4.69, 9.17) is 5.11 Å². The summed E-state index contributed by atoms with van der Waals surface area (Å²) in [5, 5.41) is 8.43. The maximum atomic E-state index is 12.2. The number of rotatable bonds is 8. The lowest BCUT2D eigenvalue weighted by Crippen LogP contribution is -2.36. The van der Waals surface area contributed by atoms with Crippen LogP contribution in [-0.4, -0.2) is 25.8 Å². The zero-order valence-electron chi connectivity index (χ0n) is 10.7. The summed E-state index contributed by atoms with van der Waals surface area (Å²) >= 11 is 0. The maximum Gasteiger partial charge on any atom is 0.319 e. The highest BCUT2D eigenvalue weighted by Gasteiger charge is 2.32. The Morgan fingerprint density at radius 2 is 1.62 bits per heavy atom. The SMILES string of the molecule is CCCC(CCC)S(=O)C(C(=O)O)C(C)C. The average molecular weight is 248 g/mol. The van der Waals surface area contributed by atoms with Gasteiger partial charge in [0, 0.05) is 16.0 Å². The zero-order valence-corrected chi connectivity index (χ0v) is 11.5. The molecular formula is C12H24O3S. The first-order valence-corrected chi connectivity index (χ1v) is 7.35. The molecule has 1 N–H and O–H groups in total. The van der Waals surface area contributed by atoms with Gasteiger partial charge < -0.3 is 5.11 Å². The standard InChI is InChI=1S/C12H24O3S/c1-5-7-10(8-6-2)16(15)11(9(3)4)12(13)14/h9-11H,5-8H2,1-4H3,(H,13,14). The van der Waals surface area contributed by atoms with Crippen molar-refractivity contribution in [3.05, 3.63) is 0 Å². The summed E-state index contributed by atoms with van der Waals surface area (Å²) in [6.07, 6.45) is 3.63. The maximum absolute atomic E-state index is 12.2. The van der Waals surface area contributed by atoms with Crippen molar-refractivity contribution in [2.45, 2.75) is 63.9 Å². The minimum absolute atomic E-state index is 0.0403. The fraction of sp³-hybridized carbons (Fsp3) is 0.917. The molecule has 0 aliphatic heterocycles. The van der Waals surface area contributed by atoms with Gasteiger partial charge in [0.25, 0.3) is 0 Å². The lowest BCUT2D eigenvalue weighted by Gasteiger charge is -2.22. The summed E-state index contributed by atoms with van der Waals surface area (Å²) in [4.78, 5) is 11.1. The van der Waals surface area contributed by atoms with Gasteiger partial charge in [-0.1, -0.05) is 40.5 Å². The molecule has 0 aromatic heterocycles. The molecule has 2 atom stereocenters. The van der Waals surface area contributed by atoms with E-state index in [-0.39, 0.29) is 11.2 Å². The van der Waals surface area contributed by atoms with Crippen molar-refractivity contribution in [1.29, 1.82) is 0 Å². The van der Waals surface area contributed by atoms with Crippen molar-refractivity contribution in [2.75, 3.05) is 0 Å². The van der Waals surface area contributed by atoms with Crippen LogP contribution in [0.15, 0.2) is 0 Å². The van der Waals surface area contributed by atoms with Gasteiger partial charge in [-0.2, -0.15) is 0 Å². The lowest BCUT2D eigenvalue weighted by molar-refractivity contribution is -0.137. The molecule has 0 aliphatic rings. The van der Waals surface area contributed by atoms with E-state index < -0.39 is 22.0 Å². The van der Waals surface area contributed by atoms with E-state index in [1.807, 2.05) is 27.7 Å². The number of aliphatic carboxylic acids is 1. The van der Waals surface area contributed by atoms with Crippen molar-refractivity contribution in [3.8, 4) is 0 Å². The summed E-state index contributed by atoms with van der Waals surface area (Å²) in [7, 11) is -1.26. The minimum atomic E-state index is -1.26. The Bertz CT molecular complexity index is 232. The van der Waals surface area contributed by atoms with Crippen LogP contribution in [0.5, 0.6) is 0 Å². The van der Waals surface area contributed by atoms with Crippen LogP contribution in [-0.2, 0) is 15.6 Å². The Balaban J connectivity index is 4.72. The van der Waals surface area contributed by atoms with E-state index in [0.717, 1.165) is 25.7 Å². The average Bonchev–Trinajstić information content (AvgIpc) is 2.16. The highest BCUT2D eigenvalue weighted by atomic mass is 32.2. The molecular weight excluding hydrogens is 224 g/mol. The first-order chi connectivity index (χ1) is 7.45. The summed E-state index contributed by atoms with van der Waals surface area (Å²) in [6, 6.07) is 0. The Morgan fingerprint density at radius 3 is 1.88 bits per heavy atom. The summed E-state index contributed by atoms with van der Waals surface area (Å²) in [6.45, 7) is 7.74. The number of hydrogen-bond acceptors (Lipinski definition) is 2. The van der Waals surface area contributed by atoms with Gasteiger partial charge >= 0.3 is 5.97 Å². The second kappa shape index (κ2) is 7.82. The van der Waals surface area contributed by atoms with Crippen molar-refractivity contribution in [1.82, 2.24) is 0 Å². The van der Waals surface area contributed by atoms with Gasteiger partial charge in [0.2, 0.25) is 0 Å². The molecule has 0 saturated carbocycles. The molecule has 0 radical (unpaired) electrons. The summed E-state index contributed by atoms with van der Waals surface area (Å²) < 4.78 is 12.2. The molecule has 0 bridgehead atoms. The van der Waals surface area contributed by atoms with Crippen LogP contribution in [0.3, 0.4) is 0 Å². The molecule has 3 nitrogen and oxygen atoms in total. The second-order valence-corrected chi connectivity index (χ2v) is 6.36. The van der Waals surface area contributed by atoms with Crippen molar-refractivity contribution in [3.63, 3.8) is 0 Å². The van der Waals surface area contributed by atoms with E-state index in [9.17, 15) is 9.00 Å². The van der Waals surface area contributed by atoms with Crippen LogP contribution in [0.4, 0.5) is 0 Å².